The molecule has 0 bridgehead atoms. The number of carbonyl (C=O) groups is 1. The minimum atomic E-state index is -0.880. The Morgan fingerprint density at radius 2 is 2.00 bits per heavy atom. The fourth-order valence-electron chi connectivity index (χ4n) is 1.63. The fourth-order valence-corrected chi connectivity index (χ4v) is 1.63. The minimum absolute atomic E-state index is 0.0650. The van der Waals surface area contributed by atoms with E-state index >= 15 is 0 Å². The van der Waals surface area contributed by atoms with Gasteiger partial charge in [-0.1, -0.05) is 30.3 Å². The summed E-state index contributed by atoms with van der Waals surface area (Å²) in [4.78, 5) is 19.1. The molecule has 0 saturated carbocycles. The maximum absolute atomic E-state index is 10.8. The third kappa shape index (κ3) is 2.66. The highest BCUT2D eigenvalue weighted by molar-refractivity contribution is 5.74. The summed E-state index contributed by atoms with van der Waals surface area (Å²) in [6.07, 6.45) is 1.52. The predicted molar refractivity (Wildman–Crippen MR) is 63.5 cm³/mol. The van der Waals surface area contributed by atoms with Gasteiger partial charge in [0.1, 0.15) is 5.82 Å². The third-order valence-corrected chi connectivity index (χ3v) is 2.37. The zero-order valence-electron chi connectivity index (χ0n) is 9.42. The van der Waals surface area contributed by atoms with Crippen molar-refractivity contribution in [3.63, 3.8) is 0 Å². The minimum Gasteiger partial charge on any atom is -0.481 e. The number of benzene rings is 1. The molecule has 17 heavy (non-hydrogen) atoms. The molecule has 0 unspecified atom stereocenters. The van der Waals surface area contributed by atoms with Crippen LogP contribution in [-0.2, 0) is 11.2 Å². The molecule has 1 heterocycles. The molecular weight excluding hydrogens is 216 g/mol. The van der Waals surface area contributed by atoms with E-state index in [-0.39, 0.29) is 6.42 Å². The molecule has 2 aromatic rings. The normalized spacial score (nSPS) is 10.2. The molecule has 0 fully saturated rings. The van der Waals surface area contributed by atoms with E-state index < -0.39 is 5.97 Å². The number of carboxylic acid groups (broad SMARTS) is 1. The first-order chi connectivity index (χ1) is 8.16. The predicted octanol–water partition coefficient (Wildman–Crippen LogP) is 2.08. The van der Waals surface area contributed by atoms with Crippen molar-refractivity contribution in [2.45, 2.75) is 13.3 Å². The second kappa shape index (κ2) is 4.74. The molecular formula is C13H12N2O2. The highest BCUT2D eigenvalue weighted by atomic mass is 16.4. The number of rotatable bonds is 3. The molecule has 0 aliphatic heterocycles. The van der Waals surface area contributed by atoms with Crippen LogP contribution in [-0.4, -0.2) is 21.0 Å². The molecule has 0 aliphatic rings. The van der Waals surface area contributed by atoms with E-state index in [1.165, 1.54) is 0 Å². The first-order valence-corrected chi connectivity index (χ1v) is 5.26. The van der Waals surface area contributed by atoms with Crippen molar-refractivity contribution in [1.82, 2.24) is 9.97 Å². The average Bonchev–Trinajstić information content (AvgIpc) is 2.32. The standard InChI is InChI=1S/C13H12N2O2/c1-9-14-8-11(7-12(16)17)13(15-9)10-5-3-2-4-6-10/h2-6,8H,7H2,1H3,(H,16,17). The lowest BCUT2D eigenvalue weighted by Gasteiger charge is -2.07. The van der Waals surface area contributed by atoms with Crippen LogP contribution < -0.4 is 0 Å². The van der Waals surface area contributed by atoms with Crippen molar-refractivity contribution in [2.75, 3.05) is 0 Å². The van der Waals surface area contributed by atoms with Gasteiger partial charge in [0.25, 0.3) is 0 Å². The van der Waals surface area contributed by atoms with Crippen molar-refractivity contribution < 1.29 is 9.90 Å². The first kappa shape index (κ1) is 11.3. The van der Waals surface area contributed by atoms with Gasteiger partial charge in [0.2, 0.25) is 0 Å². The summed E-state index contributed by atoms with van der Waals surface area (Å²) >= 11 is 0. The van der Waals surface area contributed by atoms with Crippen LogP contribution in [0.4, 0.5) is 0 Å². The highest BCUT2D eigenvalue weighted by Gasteiger charge is 2.10. The number of carboxylic acids is 1. The molecule has 4 nitrogen and oxygen atoms in total. The smallest absolute Gasteiger partial charge is 0.307 e. The van der Waals surface area contributed by atoms with Crippen molar-refractivity contribution >= 4 is 5.97 Å². The van der Waals surface area contributed by atoms with Crippen LogP contribution in [0.2, 0.25) is 0 Å². The summed E-state index contributed by atoms with van der Waals surface area (Å²) < 4.78 is 0. The van der Waals surface area contributed by atoms with Gasteiger partial charge in [-0.2, -0.15) is 0 Å². The van der Waals surface area contributed by atoms with Crippen molar-refractivity contribution in [2.24, 2.45) is 0 Å². The Bertz CT molecular complexity index is 538. The van der Waals surface area contributed by atoms with E-state index in [2.05, 4.69) is 9.97 Å². The SMILES string of the molecule is Cc1ncc(CC(=O)O)c(-c2ccccc2)n1. The van der Waals surface area contributed by atoms with Crippen LogP contribution in [0.15, 0.2) is 36.5 Å². The third-order valence-electron chi connectivity index (χ3n) is 2.37. The zero-order valence-corrected chi connectivity index (χ0v) is 9.42. The van der Waals surface area contributed by atoms with Gasteiger partial charge < -0.3 is 5.11 Å². The second-order valence-corrected chi connectivity index (χ2v) is 3.73. The van der Waals surface area contributed by atoms with Gasteiger partial charge >= 0.3 is 5.97 Å². The monoisotopic (exact) mass is 228 g/mol. The molecule has 0 saturated heterocycles. The van der Waals surface area contributed by atoms with Gasteiger partial charge in [0.05, 0.1) is 12.1 Å². The summed E-state index contributed by atoms with van der Waals surface area (Å²) in [5.41, 5.74) is 2.24. The number of hydrogen-bond donors (Lipinski definition) is 1. The second-order valence-electron chi connectivity index (χ2n) is 3.73. The van der Waals surface area contributed by atoms with Gasteiger partial charge in [-0.25, -0.2) is 9.97 Å². The number of nitrogens with zero attached hydrogens (tertiary/aromatic N) is 2. The summed E-state index contributed by atoms with van der Waals surface area (Å²) in [6.45, 7) is 1.79. The molecule has 86 valence electrons. The molecule has 1 aromatic carbocycles. The maximum atomic E-state index is 10.8. The Kier molecular flexibility index (Phi) is 3.14. The maximum Gasteiger partial charge on any atom is 0.307 e. The van der Waals surface area contributed by atoms with E-state index in [1.807, 2.05) is 30.3 Å². The zero-order chi connectivity index (χ0) is 12.3. The van der Waals surface area contributed by atoms with Crippen molar-refractivity contribution in [3.05, 3.63) is 47.9 Å². The molecule has 0 radical (unpaired) electrons. The fraction of sp³-hybridized carbons (Fsp3) is 0.154. The van der Waals surface area contributed by atoms with Crippen LogP contribution in [0.1, 0.15) is 11.4 Å². The van der Waals surface area contributed by atoms with Crippen LogP contribution in [0.25, 0.3) is 11.3 Å². The Hall–Kier alpha value is -2.23. The summed E-state index contributed by atoms with van der Waals surface area (Å²) in [6, 6.07) is 9.53. The van der Waals surface area contributed by atoms with Gasteiger partial charge in [-0.15, -0.1) is 0 Å². The van der Waals surface area contributed by atoms with Crippen LogP contribution in [0.3, 0.4) is 0 Å². The number of aromatic nitrogens is 2. The number of hydrogen-bond acceptors (Lipinski definition) is 3. The summed E-state index contributed by atoms with van der Waals surface area (Å²) in [5.74, 6) is -0.243. The van der Waals surface area contributed by atoms with Gasteiger partial charge in [0.15, 0.2) is 0 Å². The lowest BCUT2D eigenvalue weighted by molar-refractivity contribution is -0.136. The molecule has 0 aliphatic carbocycles. The molecule has 0 amide bonds. The lowest BCUT2D eigenvalue weighted by Crippen LogP contribution is -2.05. The largest absolute Gasteiger partial charge is 0.481 e. The van der Waals surface area contributed by atoms with Gasteiger partial charge in [0, 0.05) is 17.3 Å². The summed E-state index contributed by atoms with van der Waals surface area (Å²) in [5, 5.41) is 8.85. The van der Waals surface area contributed by atoms with E-state index in [1.54, 1.807) is 13.1 Å². The Labute approximate surface area is 99.0 Å². The van der Waals surface area contributed by atoms with E-state index in [0.29, 0.717) is 17.1 Å². The average molecular weight is 228 g/mol. The Balaban J connectivity index is 2.51. The Morgan fingerprint density at radius 3 is 2.65 bits per heavy atom. The molecule has 0 atom stereocenters. The molecule has 0 spiro atoms. The topological polar surface area (TPSA) is 63.1 Å². The highest BCUT2D eigenvalue weighted by Crippen LogP contribution is 2.21. The number of aliphatic carboxylic acids is 1. The summed E-state index contributed by atoms with van der Waals surface area (Å²) in [7, 11) is 0. The Morgan fingerprint density at radius 1 is 1.29 bits per heavy atom. The molecule has 4 heteroatoms. The van der Waals surface area contributed by atoms with Crippen LogP contribution in [0.5, 0.6) is 0 Å². The quantitative estimate of drug-likeness (QED) is 0.873. The first-order valence-electron chi connectivity index (χ1n) is 5.26. The van der Waals surface area contributed by atoms with E-state index in [0.717, 1.165) is 5.56 Å². The van der Waals surface area contributed by atoms with Gasteiger partial charge in [-0.05, 0) is 6.92 Å². The van der Waals surface area contributed by atoms with Gasteiger partial charge in [-0.3, -0.25) is 4.79 Å². The van der Waals surface area contributed by atoms with E-state index in [9.17, 15) is 4.79 Å². The number of aryl methyl sites for hydroxylation is 1. The molecule has 1 aromatic heterocycles. The molecule has 1 N–H and O–H groups in total. The lowest BCUT2D eigenvalue weighted by atomic mass is 10.1. The van der Waals surface area contributed by atoms with Crippen LogP contribution in [0, 0.1) is 6.92 Å². The van der Waals surface area contributed by atoms with E-state index in [4.69, 9.17) is 5.11 Å². The van der Waals surface area contributed by atoms with Crippen molar-refractivity contribution in [3.8, 4) is 11.3 Å². The van der Waals surface area contributed by atoms with Crippen molar-refractivity contribution in [1.29, 1.82) is 0 Å². The molecule has 2 rings (SSSR count). The van der Waals surface area contributed by atoms with Crippen LogP contribution >= 0.6 is 0 Å².